The number of nitrogens with zero attached hydrogens (tertiary/aromatic N) is 1. The van der Waals surface area contributed by atoms with Gasteiger partial charge < -0.3 is 5.32 Å². The van der Waals surface area contributed by atoms with Crippen LogP contribution in [0.3, 0.4) is 0 Å². The molecule has 0 bridgehead atoms. The Bertz CT molecular complexity index is 436. The van der Waals surface area contributed by atoms with Crippen molar-refractivity contribution in [3.8, 4) is 0 Å². The van der Waals surface area contributed by atoms with Crippen LogP contribution in [0, 0.1) is 5.92 Å². The Morgan fingerprint density at radius 2 is 1.86 bits per heavy atom. The van der Waals surface area contributed by atoms with Crippen LogP contribution in [0.1, 0.15) is 40.5 Å². The maximum atomic E-state index is 12.1. The summed E-state index contributed by atoms with van der Waals surface area (Å²) in [6, 6.07) is 0. The van der Waals surface area contributed by atoms with Gasteiger partial charge in [-0.15, -0.1) is 0 Å². The Morgan fingerprint density at radius 1 is 1.29 bits per heavy atom. The second-order valence-electron chi connectivity index (χ2n) is 6.33. The lowest BCUT2D eigenvalue weighted by atomic mass is 9.97. The Labute approximate surface area is 133 Å². The molecule has 0 saturated carbocycles. The summed E-state index contributed by atoms with van der Waals surface area (Å²) < 4.78 is 25.2. The molecule has 1 amide bonds. The molecule has 0 spiro atoms. The lowest BCUT2D eigenvalue weighted by Crippen LogP contribution is -2.43. The number of thioether (sulfide) groups is 1. The van der Waals surface area contributed by atoms with Crippen LogP contribution in [-0.2, 0) is 14.8 Å². The number of carbonyl (C=O) groups is 1. The van der Waals surface area contributed by atoms with E-state index in [1.54, 1.807) is 6.92 Å². The second kappa shape index (κ2) is 7.83. The maximum Gasteiger partial charge on any atom is 0.223 e. The third kappa shape index (κ3) is 6.57. The summed E-state index contributed by atoms with van der Waals surface area (Å²) in [6.45, 7) is 9.72. The van der Waals surface area contributed by atoms with Crippen molar-refractivity contribution >= 4 is 27.7 Å². The fourth-order valence-electron chi connectivity index (χ4n) is 2.25. The van der Waals surface area contributed by atoms with Crippen molar-refractivity contribution in [2.24, 2.45) is 5.92 Å². The fourth-order valence-corrected chi connectivity index (χ4v) is 4.20. The van der Waals surface area contributed by atoms with E-state index >= 15 is 0 Å². The molecule has 7 heteroatoms. The first kappa shape index (κ1) is 18.8. The highest BCUT2D eigenvalue weighted by Crippen LogP contribution is 2.22. The third-order valence-corrected chi connectivity index (χ3v) is 6.68. The molecule has 0 aromatic heterocycles. The Balaban J connectivity index is 2.29. The van der Waals surface area contributed by atoms with Gasteiger partial charge in [0.05, 0.1) is 5.75 Å². The van der Waals surface area contributed by atoms with Gasteiger partial charge in [-0.2, -0.15) is 11.8 Å². The molecule has 1 aliphatic heterocycles. The Morgan fingerprint density at radius 3 is 2.33 bits per heavy atom. The molecule has 21 heavy (non-hydrogen) atoms. The van der Waals surface area contributed by atoms with Crippen LogP contribution in [0.25, 0.3) is 0 Å². The van der Waals surface area contributed by atoms with Gasteiger partial charge in [0.25, 0.3) is 0 Å². The molecule has 5 nitrogen and oxygen atoms in total. The third-order valence-electron chi connectivity index (χ3n) is 3.52. The summed E-state index contributed by atoms with van der Waals surface area (Å²) in [4.78, 5) is 12.1. The van der Waals surface area contributed by atoms with Crippen molar-refractivity contribution in [3.05, 3.63) is 0 Å². The van der Waals surface area contributed by atoms with Crippen LogP contribution in [0.4, 0.5) is 0 Å². The van der Waals surface area contributed by atoms with E-state index in [0.717, 1.165) is 5.75 Å². The van der Waals surface area contributed by atoms with E-state index in [1.165, 1.54) is 4.31 Å². The van der Waals surface area contributed by atoms with E-state index in [9.17, 15) is 13.2 Å². The van der Waals surface area contributed by atoms with Crippen molar-refractivity contribution in [2.45, 2.75) is 45.3 Å². The van der Waals surface area contributed by atoms with Gasteiger partial charge in [0, 0.05) is 36.1 Å². The second-order valence-corrected chi connectivity index (χ2v) is 10.5. The van der Waals surface area contributed by atoms with Gasteiger partial charge in [0.15, 0.2) is 0 Å². The van der Waals surface area contributed by atoms with Gasteiger partial charge in [-0.05, 0) is 19.8 Å². The topological polar surface area (TPSA) is 66.5 Å². The average molecular weight is 337 g/mol. The molecule has 0 aromatic rings. The van der Waals surface area contributed by atoms with Crippen molar-refractivity contribution < 1.29 is 13.2 Å². The molecule has 124 valence electrons. The van der Waals surface area contributed by atoms with Crippen LogP contribution in [0.15, 0.2) is 0 Å². The molecular weight excluding hydrogens is 308 g/mol. The van der Waals surface area contributed by atoms with Crippen molar-refractivity contribution in [3.63, 3.8) is 0 Å². The first-order valence-electron chi connectivity index (χ1n) is 7.55. The van der Waals surface area contributed by atoms with Gasteiger partial charge in [0.2, 0.25) is 15.9 Å². The highest BCUT2D eigenvalue weighted by Gasteiger charge is 2.29. The summed E-state index contributed by atoms with van der Waals surface area (Å²) in [5, 5.41) is 2.96. The van der Waals surface area contributed by atoms with Gasteiger partial charge in [0.1, 0.15) is 0 Å². The van der Waals surface area contributed by atoms with Crippen molar-refractivity contribution in [2.75, 3.05) is 31.1 Å². The van der Waals surface area contributed by atoms with E-state index in [0.29, 0.717) is 32.5 Å². The van der Waals surface area contributed by atoms with Crippen LogP contribution in [0.5, 0.6) is 0 Å². The zero-order chi connectivity index (χ0) is 16.1. The standard InChI is InChI=1S/C14H28N2O3S2/c1-5-21(18,19)16-9-6-12(7-10-16)13(17)15-8-11-20-14(2,3)4/h12H,5-11H2,1-4H3,(H,15,17). The van der Waals surface area contributed by atoms with Gasteiger partial charge in [-0.25, -0.2) is 12.7 Å². The minimum atomic E-state index is -3.11. The zero-order valence-electron chi connectivity index (χ0n) is 13.5. The van der Waals surface area contributed by atoms with E-state index in [-0.39, 0.29) is 22.3 Å². The smallest absolute Gasteiger partial charge is 0.223 e. The van der Waals surface area contributed by atoms with Crippen LogP contribution in [0.2, 0.25) is 0 Å². The van der Waals surface area contributed by atoms with Crippen LogP contribution in [-0.4, -0.2) is 54.5 Å². The number of nitrogens with one attached hydrogen (secondary N) is 1. The Kier molecular flexibility index (Phi) is 7.00. The molecule has 0 radical (unpaired) electrons. The largest absolute Gasteiger partial charge is 0.355 e. The molecule has 0 unspecified atom stereocenters. The molecule has 0 aromatic carbocycles. The number of piperidine rings is 1. The number of carbonyl (C=O) groups excluding carboxylic acids is 1. The number of hydrogen-bond acceptors (Lipinski definition) is 4. The van der Waals surface area contributed by atoms with Crippen molar-refractivity contribution in [1.82, 2.24) is 9.62 Å². The SMILES string of the molecule is CCS(=O)(=O)N1CCC(C(=O)NCCSC(C)(C)C)CC1. The molecule has 1 fully saturated rings. The first-order chi connectivity index (χ1) is 9.65. The fraction of sp³-hybridized carbons (Fsp3) is 0.929. The molecule has 1 rings (SSSR count). The molecule has 1 aliphatic rings. The zero-order valence-corrected chi connectivity index (χ0v) is 15.1. The van der Waals surface area contributed by atoms with Gasteiger partial charge >= 0.3 is 0 Å². The highest BCUT2D eigenvalue weighted by molar-refractivity contribution is 8.00. The summed E-state index contributed by atoms with van der Waals surface area (Å²) in [6.07, 6.45) is 1.24. The molecular formula is C14H28N2O3S2. The molecule has 0 aliphatic carbocycles. The number of hydrogen-bond donors (Lipinski definition) is 1. The number of rotatable bonds is 6. The first-order valence-corrected chi connectivity index (χ1v) is 10.1. The maximum absolute atomic E-state index is 12.1. The summed E-state index contributed by atoms with van der Waals surface area (Å²) >= 11 is 1.83. The minimum Gasteiger partial charge on any atom is -0.355 e. The van der Waals surface area contributed by atoms with E-state index in [2.05, 4.69) is 26.1 Å². The molecule has 1 saturated heterocycles. The summed E-state index contributed by atoms with van der Waals surface area (Å²) in [5.74, 6) is 1.05. The predicted octanol–water partition coefficient (Wildman–Crippen LogP) is 1.70. The monoisotopic (exact) mass is 336 g/mol. The average Bonchev–Trinajstić information content (AvgIpc) is 2.42. The lowest BCUT2D eigenvalue weighted by molar-refractivity contribution is -0.125. The van der Waals surface area contributed by atoms with Crippen molar-refractivity contribution in [1.29, 1.82) is 0 Å². The highest BCUT2D eigenvalue weighted by atomic mass is 32.2. The molecule has 0 atom stereocenters. The molecule has 1 heterocycles. The van der Waals surface area contributed by atoms with Gasteiger partial charge in [-0.3, -0.25) is 4.79 Å². The predicted molar refractivity (Wildman–Crippen MR) is 89.0 cm³/mol. The minimum absolute atomic E-state index is 0.0482. The number of sulfonamides is 1. The quantitative estimate of drug-likeness (QED) is 0.750. The summed E-state index contributed by atoms with van der Waals surface area (Å²) in [7, 11) is -3.11. The Hall–Kier alpha value is -0.270. The van der Waals surface area contributed by atoms with E-state index in [1.807, 2.05) is 11.8 Å². The van der Waals surface area contributed by atoms with E-state index in [4.69, 9.17) is 0 Å². The molecule has 1 N–H and O–H groups in total. The summed E-state index contributed by atoms with van der Waals surface area (Å²) in [5.41, 5.74) is 0. The van der Waals surface area contributed by atoms with E-state index < -0.39 is 10.0 Å². The normalized spacial score (nSPS) is 18.7. The van der Waals surface area contributed by atoms with Crippen LogP contribution >= 0.6 is 11.8 Å². The lowest BCUT2D eigenvalue weighted by Gasteiger charge is -2.30. The number of amides is 1. The van der Waals surface area contributed by atoms with Crippen LogP contribution < -0.4 is 5.32 Å². The van der Waals surface area contributed by atoms with Gasteiger partial charge in [-0.1, -0.05) is 20.8 Å².